The SMILES string of the molecule is C=CC.C=CC.CCC1/C=C\C=C/Cc2cc(-c3nc(C)cc(-c4ccc(-c5ccccc5)cc4)n3)ccc21. The summed E-state index contributed by atoms with van der Waals surface area (Å²) >= 11 is 0. The Hall–Kier alpha value is -4.30. The third-order valence-electron chi connectivity index (χ3n) is 6.31. The van der Waals surface area contributed by atoms with Crippen LogP contribution in [0.15, 0.2) is 128 Å². The third-order valence-corrected chi connectivity index (χ3v) is 6.31. The van der Waals surface area contributed by atoms with Gasteiger partial charge < -0.3 is 0 Å². The van der Waals surface area contributed by atoms with Crippen molar-refractivity contribution in [2.45, 2.75) is 46.5 Å². The van der Waals surface area contributed by atoms with Crippen LogP contribution in [0.3, 0.4) is 0 Å². The fraction of sp³-hybridized carbons (Fsp3) is 0.189. The normalized spacial score (nSPS) is 15.0. The van der Waals surface area contributed by atoms with Crippen molar-refractivity contribution >= 4 is 0 Å². The standard InChI is InChI=1S/C31H28N2.2C3H6/c1-3-23-10-6-4-9-13-27-21-28(18-19-29(23)27)31-32-22(2)20-30(33-31)26-16-14-25(15-17-26)24-11-7-5-8-12-24;2*1-3-2/h4-12,14-21,23H,3,13H2,1-2H3;2*3H,1H2,2H3/b9-4-,10-6-;;. The molecule has 3 aromatic carbocycles. The zero-order valence-corrected chi connectivity index (χ0v) is 23.8. The summed E-state index contributed by atoms with van der Waals surface area (Å²) in [6.45, 7) is 14.8. The smallest absolute Gasteiger partial charge is 0.160 e. The highest BCUT2D eigenvalue weighted by molar-refractivity contribution is 5.70. The van der Waals surface area contributed by atoms with E-state index < -0.39 is 0 Å². The van der Waals surface area contributed by atoms with Crippen molar-refractivity contribution in [2.75, 3.05) is 0 Å². The number of hydrogen-bond donors (Lipinski definition) is 0. The molecule has 1 aliphatic carbocycles. The van der Waals surface area contributed by atoms with Crippen LogP contribution in [0.5, 0.6) is 0 Å². The monoisotopic (exact) mass is 512 g/mol. The van der Waals surface area contributed by atoms with E-state index >= 15 is 0 Å². The summed E-state index contributed by atoms with van der Waals surface area (Å²) in [5.74, 6) is 1.24. The van der Waals surface area contributed by atoms with E-state index in [0.717, 1.165) is 41.2 Å². The molecule has 4 aromatic rings. The largest absolute Gasteiger partial charge is 0.233 e. The molecule has 0 bridgehead atoms. The van der Waals surface area contributed by atoms with Gasteiger partial charge in [-0.3, -0.25) is 0 Å². The zero-order chi connectivity index (χ0) is 28.0. The van der Waals surface area contributed by atoms with Gasteiger partial charge in [0.1, 0.15) is 0 Å². The Morgan fingerprint density at radius 1 is 0.769 bits per heavy atom. The summed E-state index contributed by atoms with van der Waals surface area (Å²) in [6, 6.07) is 27.9. The number of aryl methyl sites for hydroxylation is 1. The lowest BCUT2D eigenvalue weighted by Gasteiger charge is -2.18. The Kier molecular flexibility index (Phi) is 11.4. The molecule has 2 heteroatoms. The summed E-state index contributed by atoms with van der Waals surface area (Å²) in [5.41, 5.74) is 9.31. The van der Waals surface area contributed by atoms with Gasteiger partial charge in [0.05, 0.1) is 5.69 Å². The van der Waals surface area contributed by atoms with Crippen molar-refractivity contribution < 1.29 is 0 Å². The Morgan fingerprint density at radius 3 is 2.05 bits per heavy atom. The lowest BCUT2D eigenvalue weighted by atomic mass is 9.88. The number of hydrogen-bond acceptors (Lipinski definition) is 2. The second-order valence-electron chi connectivity index (χ2n) is 9.42. The quantitative estimate of drug-likeness (QED) is 0.254. The molecule has 0 saturated carbocycles. The third kappa shape index (κ3) is 8.09. The van der Waals surface area contributed by atoms with Crippen molar-refractivity contribution in [1.29, 1.82) is 0 Å². The maximum absolute atomic E-state index is 4.96. The van der Waals surface area contributed by atoms with Gasteiger partial charge in [0, 0.05) is 22.7 Å². The molecule has 5 rings (SSSR count). The molecule has 1 heterocycles. The molecule has 1 unspecified atom stereocenters. The van der Waals surface area contributed by atoms with Crippen LogP contribution in [-0.4, -0.2) is 9.97 Å². The molecule has 39 heavy (non-hydrogen) atoms. The van der Waals surface area contributed by atoms with E-state index in [-0.39, 0.29) is 0 Å². The van der Waals surface area contributed by atoms with Crippen LogP contribution < -0.4 is 0 Å². The molecule has 0 saturated heterocycles. The van der Waals surface area contributed by atoms with Gasteiger partial charge in [-0.15, -0.1) is 13.2 Å². The molecule has 1 aromatic heterocycles. The first kappa shape index (κ1) is 29.3. The summed E-state index contributed by atoms with van der Waals surface area (Å²) in [5, 5.41) is 0. The highest BCUT2D eigenvalue weighted by Crippen LogP contribution is 2.31. The van der Waals surface area contributed by atoms with E-state index in [0.29, 0.717) is 5.92 Å². The van der Waals surface area contributed by atoms with E-state index in [4.69, 9.17) is 9.97 Å². The molecular weight excluding hydrogens is 472 g/mol. The highest BCUT2D eigenvalue weighted by atomic mass is 14.9. The average molecular weight is 513 g/mol. The lowest BCUT2D eigenvalue weighted by Crippen LogP contribution is -2.02. The summed E-state index contributed by atoms with van der Waals surface area (Å²) in [7, 11) is 0. The average Bonchev–Trinajstić information content (AvgIpc) is 2.95. The molecule has 0 spiro atoms. The maximum Gasteiger partial charge on any atom is 0.160 e. The zero-order valence-electron chi connectivity index (χ0n) is 23.8. The Bertz CT molecular complexity index is 1400. The topological polar surface area (TPSA) is 25.8 Å². The number of nitrogens with zero attached hydrogens (tertiary/aromatic N) is 2. The molecule has 2 nitrogen and oxygen atoms in total. The number of benzene rings is 3. The lowest BCUT2D eigenvalue weighted by molar-refractivity contribution is 0.793. The second kappa shape index (κ2) is 15.2. The van der Waals surface area contributed by atoms with E-state index in [9.17, 15) is 0 Å². The fourth-order valence-corrected chi connectivity index (χ4v) is 4.52. The van der Waals surface area contributed by atoms with Crippen LogP contribution in [0, 0.1) is 6.92 Å². The Balaban J connectivity index is 0.000000643. The minimum Gasteiger partial charge on any atom is -0.233 e. The van der Waals surface area contributed by atoms with Crippen molar-refractivity contribution in [1.82, 2.24) is 9.97 Å². The number of fused-ring (bicyclic) bond motifs is 1. The van der Waals surface area contributed by atoms with Gasteiger partial charge in [0.25, 0.3) is 0 Å². The maximum atomic E-state index is 4.96. The van der Waals surface area contributed by atoms with Crippen molar-refractivity contribution in [2.24, 2.45) is 0 Å². The molecular formula is C37H40N2. The molecule has 1 atom stereocenters. The number of allylic oxidation sites excluding steroid dienone is 6. The highest BCUT2D eigenvalue weighted by Gasteiger charge is 2.14. The van der Waals surface area contributed by atoms with E-state index in [1.165, 1.54) is 22.3 Å². The first-order valence-corrected chi connectivity index (χ1v) is 13.7. The molecule has 0 N–H and O–H groups in total. The van der Waals surface area contributed by atoms with Crippen LogP contribution in [-0.2, 0) is 6.42 Å². The number of rotatable bonds is 4. The predicted molar refractivity (Wildman–Crippen MR) is 170 cm³/mol. The predicted octanol–water partition coefficient (Wildman–Crippen LogP) is 10.3. The molecule has 1 aliphatic rings. The van der Waals surface area contributed by atoms with Crippen LogP contribution in [0.2, 0.25) is 0 Å². The summed E-state index contributed by atoms with van der Waals surface area (Å²) < 4.78 is 0. The van der Waals surface area contributed by atoms with Gasteiger partial charge in [-0.2, -0.15) is 0 Å². The Morgan fingerprint density at radius 2 is 1.38 bits per heavy atom. The van der Waals surface area contributed by atoms with E-state index in [1.54, 1.807) is 12.2 Å². The van der Waals surface area contributed by atoms with E-state index in [1.807, 2.05) is 26.8 Å². The van der Waals surface area contributed by atoms with Crippen LogP contribution >= 0.6 is 0 Å². The first-order chi connectivity index (χ1) is 19.0. The van der Waals surface area contributed by atoms with Crippen molar-refractivity contribution in [3.8, 4) is 33.8 Å². The number of aromatic nitrogens is 2. The van der Waals surface area contributed by atoms with Crippen LogP contribution in [0.25, 0.3) is 33.8 Å². The minimum absolute atomic E-state index is 0.455. The van der Waals surface area contributed by atoms with Crippen LogP contribution in [0.4, 0.5) is 0 Å². The van der Waals surface area contributed by atoms with Crippen molar-refractivity contribution in [3.63, 3.8) is 0 Å². The summed E-state index contributed by atoms with van der Waals surface area (Å²) in [6.07, 6.45) is 14.4. The van der Waals surface area contributed by atoms with Gasteiger partial charge in [0.2, 0.25) is 0 Å². The minimum atomic E-state index is 0.455. The van der Waals surface area contributed by atoms with Gasteiger partial charge in [-0.25, -0.2) is 9.97 Å². The van der Waals surface area contributed by atoms with Gasteiger partial charge >= 0.3 is 0 Å². The van der Waals surface area contributed by atoms with Gasteiger partial charge in [0.15, 0.2) is 5.82 Å². The molecule has 0 fully saturated rings. The Labute approximate surface area is 235 Å². The first-order valence-electron chi connectivity index (χ1n) is 13.7. The fourth-order valence-electron chi connectivity index (χ4n) is 4.52. The van der Waals surface area contributed by atoms with Gasteiger partial charge in [-0.1, -0.05) is 110 Å². The van der Waals surface area contributed by atoms with E-state index in [2.05, 4.69) is 117 Å². The second-order valence-corrected chi connectivity index (χ2v) is 9.42. The van der Waals surface area contributed by atoms with Gasteiger partial charge in [-0.05, 0) is 68.0 Å². The van der Waals surface area contributed by atoms with Crippen molar-refractivity contribution in [3.05, 3.63) is 145 Å². The molecule has 0 aliphatic heterocycles. The molecule has 0 amide bonds. The molecule has 0 radical (unpaired) electrons. The molecule has 198 valence electrons. The summed E-state index contributed by atoms with van der Waals surface area (Å²) in [4.78, 5) is 9.75. The van der Waals surface area contributed by atoms with Crippen LogP contribution in [0.1, 0.15) is 49.9 Å².